The first kappa shape index (κ1) is 29.8. The lowest BCUT2D eigenvalue weighted by Crippen LogP contribution is -2.35. The number of ether oxygens (including phenoxy) is 3. The molecule has 2 aromatic carbocycles. The number of para-hydroxylation sites is 1. The SMILES string of the molecule is CCc1nc(CN2CCC(c3cccc4c3OC(C)(c3ccc(Cl)cc3F)O4)CC2)n(CC2CCO2)c1-c1ncc(C(=O)O)o1. The molecule has 1 N–H and O–H groups in total. The van der Waals surface area contributed by atoms with Crippen LogP contribution in [0.1, 0.15) is 72.2 Å². The van der Waals surface area contributed by atoms with E-state index in [1.165, 1.54) is 12.3 Å². The zero-order valence-electron chi connectivity index (χ0n) is 25.1. The topological polar surface area (TPSA) is 112 Å². The van der Waals surface area contributed by atoms with E-state index in [2.05, 4.69) is 20.5 Å². The number of rotatable bonds is 9. The number of nitrogens with zero attached hydrogens (tertiary/aromatic N) is 4. The number of imidazole rings is 1. The monoisotopic (exact) mass is 636 g/mol. The number of aromatic carboxylic acids is 1. The Morgan fingerprint density at radius 2 is 1.98 bits per heavy atom. The van der Waals surface area contributed by atoms with Gasteiger partial charge in [-0.1, -0.05) is 30.7 Å². The molecule has 236 valence electrons. The van der Waals surface area contributed by atoms with Crippen LogP contribution in [0.4, 0.5) is 4.39 Å². The van der Waals surface area contributed by atoms with Crippen LogP contribution in [0.15, 0.2) is 47.0 Å². The summed E-state index contributed by atoms with van der Waals surface area (Å²) in [6, 6.07) is 10.4. The Balaban J connectivity index is 1.09. The predicted molar refractivity (Wildman–Crippen MR) is 162 cm³/mol. The van der Waals surface area contributed by atoms with Crippen LogP contribution in [0.5, 0.6) is 11.5 Å². The number of hydrogen-bond acceptors (Lipinski definition) is 8. The summed E-state index contributed by atoms with van der Waals surface area (Å²) in [5.41, 5.74) is 2.88. The van der Waals surface area contributed by atoms with Crippen molar-refractivity contribution in [1.82, 2.24) is 19.4 Å². The number of aromatic nitrogens is 3. The lowest BCUT2D eigenvalue weighted by Gasteiger charge is -2.33. The molecule has 45 heavy (non-hydrogen) atoms. The van der Waals surface area contributed by atoms with E-state index < -0.39 is 17.6 Å². The van der Waals surface area contributed by atoms with Gasteiger partial charge in [-0.15, -0.1) is 0 Å². The molecule has 3 aliphatic heterocycles. The zero-order chi connectivity index (χ0) is 31.3. The Morgan fingerprint density at radius 1 is 1.18 bits per heavy atom. The summed E-state index contributed by atoms with van der Waals surface area (Å²) in [5, 5.41) is 9.70. The van der Waals surface area contributed by atoms with E-state index in [4.69, 9.17) is 35.2 Å². The number of aryl methyl sites for hydroxylation is 1. The van der Waals surface area contributed by atoms with Crippen molar-refractivity contribution in [3.8, 4) is 23.1 Å². The third kappa shape index (κ3) is 5.57. The molecule has 2 fully saturated rings. The molecular formula is C33H34ClFN4O6. The molecular weight excluding hydrogens is 603 g/mol. The second-order valence-corrected chi connectivity index (χ2v) is 12.3. The fraction of sp³-hybridized carbons (Fsp3) is 0.424. The van der Waals surface area contributed by atoms with E-state index in [-0.39, 0.29) is 23.7 Å². The van der Waals surface area contributed by atoms with Gasteiger partial charge in [0.2, 0.25) is 11.7 Å². The molecule has 0 spiro atoms. The summed E-state index contributed by atoms with van der Waals surface area (Å²) in [6.45, 7) is 7.36. The maximum atomic E-state index is 14.9. The molecule has 2 saturated heterocycles. The van der Waals surface area contributed by atoms with Gasteiger partial charge in [0.25, 0.3) is 5.79 Å². The maximum absolute atomic E-state index is 14.9. The zero-order valence-corrected chi connectivity index (χ0v) is 25.8. The Bertz CT molecular complexity index is 1740. The average Bonchev–Trinajstić information content (AvgIpc) is 3.70. The highest BCUT2D eigenvalue weighted by molar-refractivity contribution is 6.30. The lowest BCUT2D eigenvalue weighted by atomic mass is 9.88. The highest BCUT2D eigenvalue weighted by atomic mass is 35.5. The number of piperidine rings is 1. The molecule has 0 aliphatic carbocycles. The van der Waals surface area contributed by atoms with Crippen LogP contribution in [0.25, 0.3) is 11.6 Å². The normalized spacial score (nSPS) is 21.6. The summed E-state index contributed by atoms with van der Waals surface area (Å²) in [4.78, 5) is 23.1. The van der Waals surface area contributed by atoms with Crippen molar-refractivity contribution in [3.63, 3.8) is 0 Å². The summed E-state index contributed by atoms with van der Waals surface area (Å²) in [6.07, 6.45) is 4.69. The summed E-state index contributed by atoms with van der Waals surface area (Å²) in [5.74, 6) is -0.502. The number of carbonyl (C=O) groups is 1. The van der Waals surface area contributed by atoms with Crippen molar-refractivity contribution in [2.75, 3.05) is 19.7 Å². The number of oxazole rings is 1. The first-order valence-electron chi connectivity index (χ1n) is 15.3. The fourth-order valence-corrected chi connectivity index (χ4v) is 6.67. The average molecular weight is 637 g/mol. The van der Waals surface area contributed by atoms with E-state index in [1.54, 1.807) is 19.1 Å². The van der Waals surface area contributed by atoms with Gasteiger partial charge < -0.3 is 28.3 Å². The van der Waals surface area contributed by atoms with Crippen LogP contribution in [-0.2, 0) is 30.0 Å². The van der Waals surface area contributed by atoms with Gasteiger partial charge in [0.1, 0.15) is 17.3 Å². The molecule has 3 aliphatic rings. The summed E-state index contributed by atoms with van der Waals surface area (Å²) < 4.78 is 40.9. The molecule has 7 rings (SSSR count). The molecule has 2 atom stereocenters. The third-order valence-corrected chi connectivity index (χ3v) is 9.21. The Labute approximate surface area is 264 Å². The number of likely N-dealkylation sites (tertiary alicyclic amines) is 1. The largest absolute Gasteiger partial charge is 0.475 e. The first-order chi connectivity index (χ1) is 21.7. The van der Waals surface area contributed by atoms with Crippen molar-refractivity contribution in [1.29, 1.82) is 0 Å². The van der Waals surface area contributed by atoms with E-state index >= 15 is 0 Å². The number of halogens is 2. The van der Waals surface area contributed by atoms with Crippen LogP contribution < -0.4 is 9.47 Å². The molecule has 0 radical (unpaired) electrons. The molecule has 0 amide bonds. The van der Waals surface area contributed by atoms with E-state index in [0.29, 0.717) is 47.3 Å². The number of hydrogen-bond donors (Lipinski definition) is 1. The van der Waals surface area contributed by atoms with Gasteiger partial charge in [-0.2, -0.15) is 0 Å². The van der Waals surface area contributed by atoms with E-state index in [9.17, 15) is 14.3 Å². The first-order valence-corrected chi connectivity index (χ1v) is 15.7. The van der Waals surface area contributed by atoms with Gasteiger partial charge in [-0.25, -0.2) is 19.2 Å². The van der Waals surface area contributed by atoms with Crippen LogP contribution in [0.3, 0.4) is 0 Å². The molecule has 2 aromatic heterocycles. The molecule has 10 nitrogen and oxygen atoms in total. The van der Waals surface area contributed by atoms with Gasteiger partial charge >= 0.3 is 5.97 Å². The minimum absolute atomic E-state index is 0.0653. The van der Waals surface area contributed by atoms with Crippen molar-refractivity contribution in [2.24, 2.45) is 0 Å². The van der Waals surface area contributed by atoms with Crippen molar-refractivity contribution < 1.29 is 32.9 Å². The smallest absolute Gasteiger partial charge is 0.373 e. The van der Waals surface area contributed by atoms with Gasteiger partial charge in [0.15, 0.2) is 11.5 Å². The summed E-state index contributed by atoms with van der Waals surface area (Å²) >= 11 is 5.98. The second kappa shape index (κ2) is 11.8. The fourth-order valence-electron chi connectivity index (χ4n) is 6.51. The number of fused-ring (bicyclic) bond motifs is 1. The molecule has 0 saturated carbocycles. The highest BCUT2D eigenvalue weighted by Crippen LogP contribution is 2.50. The number of benzene rings is 2. The molecule has 4 aromatic rings. The van der Waals surface area contributed by atoms with E-state index in [0.717, 1.165) is 56.0 Å². The molecule has 5 heterocycles. The lowest BCUT2D eigenvalue weighted by molar-refractivity contribution is -0.0712. The maximum Gasteiger partial charge on any atom is 0.373 e. The molecule has 12 heteroatoms. The second-order valence-electron chi connectivity index (χ2n) is 11.9. The van der Waals surface area contributed by atoms with Gasteiger partial charge in [-0.3, -0.25) is 4.90 Å². The predicted octanol–water partition coefficient (Wildman–Crippen LogP) is 6.40. The number of carboxylic acid groups (broad SMARTS) is 1. The minimum Gasteiger partial charge on any atom is -0.475 e. The van der Waals surface area contributed by atoms with Crippen molar-refractivity contribution in [3.05, 3.63) is 81.8 Å². The van der Waals surface area contributed by atoms with Gasteiger partial charge in [0.05, 0.1) is 36.6 Å². The van der Waals surface area contributed by atoms with Gasteiger partial charge in [-0.05, 0) is 69.0 Å². The quantitative estimate of drug-likeness (QED) is 0.223. The Hall–Kier alpha value is -3.93. The van der Waals surface area contributed by atoms with Gasteiger partial charge in [0, 0.05) is 24.1 Å². The Morgan fingerprint density at radius 3 is 2.64 bits per heavy atom. The molecule has 2 unspecified atom stereocenters. The summed E-state index contributed by atoms with van der Waals surface area (Å²) in [7, 11) is 0. The van der Waals surface area contributed by atoms with Crippen LogP contribution in [0.2, 0.25) is 5.02 Å². The van der Waals surface area contributed by atoms with Crippen LogP contribution in [0, 0.1) is 5.82 Å². The molecule has 0 bridgehead atoms. The van der Waals surface area contributed by atoms with Crippen LogP contribution >= 0.6 is 11.6 Å². The Kier molecular flexibility index (Phi) is 7.79. The van der Waals surface area contributed by atoms with Crippen molar-refractivity contribution >= 4 is 17.6 Å². The third-order valence-electron chi connectivity index (χ3n) is 8.98. The van der Waals surface area contributed by atoms with Crippen LogP contribution in [-0.4, -0.2) is 56.3 Å². The minimum atomic E-state index is -1.29. The van der Waals surface area contributed by atoms with E-state index in [1.807, 2.05) is 19.1 Å². The number of carboxylic acids is 1. The van der Waals surface area contributed by atoms with Crippen molar-refractivity contribution in [2.45, 2.75) is 70.4 Å². The standard InChI is InChI=1S/C33H34ClFN4O6/c1-3-25-29(31-36-16-27(43-31)32(40)41)39(17-21-11-14-42-21)28(37-25)18-38-12-9-19(10-13-38)22-5-4-6-26-30(22)45-33(2,44-26)23-8-7-20(34)15-24(23)35/h4-8,15-16,19,21H,3,9-14,17-18H2,1-2H3,(H,40,41). The highest BCUT2D eigenvalue weighted by Gasteiger charge is 2.43.